The number of allylic oxidation sites excluding steroid dienone is 1. The van der Waals surface area contributed by atoms with Crippen molar-refractivity contribution in [3.63, 3.8) is 0 Å². The average molecular weight is 552 g/mol. The van der Waals surface area contributed by atoms with Crippen LogP contribution in [0, 0.1) is 0 Å². The van der Waals surface area contributed by atoms with Gasteiger partial charge in [0.25, 0.3) is 0 Å². The second kappa shape index (κ2) is 10.4. The van der Waals surface area contributed by atoms with Crippen LogP contribution in [0.3, 0.4) is 0 Å². The van der Waals surface area contributed by atoms with Crippen molar-refractivity contribution in [1.29, 1.82) is 0 Å². The summed E-state index contributed by atoms with van der Waals surface area (Å²) in [7, 11) is 2.51. The van der Waals surface area contributed by atoms with Crippen molar-refractivity contribution in [2.24, 2.45) is 0 Å². The molecular weight excluding hydrogens is 522 g/mol. The molecule has 0 bridgehead atoms. The molecule has 212 valence electrons. The Bertz CT molecular complexity index is 1290. The minimum absolute atomic E-state index is 0.0496. The number of fused-ring (bicyclic) bond motifs is 3. The normalized spacial score (nSPS) is 36.3. The van der Waals surface area contributed by atoms with Crippen LogP contribution in [-0.2, 0) is 38.0 Å². The quantitative estimate of drug-likeness (QED) is 0.224. The third kappa shape index (κ3) is 4.33. The molecule has 9 atom stereocenters. The van der Waals surface area contributed by atoms with Gasteiger partial charge >= 0.3 is 11.9 Å². The highest BCUT2D eigenvalue weighted by atomic mass is 16.7. The largest absolute Gasteiger partial charge is 0.467 e. The maximum Gasteiger partial charge on any atom is 0.337 e. The lowest BCUT2D eigenvalue weighted by atomic mass is 9.84. The van der Waals surface area contributed by atoms with Crippen LogP contribution in [0.5, 0.6) is 0 Å². The number of aromatic nitrogens is 4. The molecule has 16 heteroatoms. The van der Waals surface area contributed by atoms with Crippen LogP contribution in [0.15, 0.2) is 24.3 Å². The summed E-state index contributed by atoms with van der Waals surface area (Å²) in [5, 5.41) is 32.3. The number of anilines is 1. The van der Waals surface area contributed by atoms with Crippen LogP contribution in [-0.4, -0.2) is 116 Å². The van der Waals surface area contributed by atoms with Gasteiger partial charge in [0.05, 0.1) is 31.7 Å². The molecule has 5 heterocycles. The number of carbonyl (C=O) groups is 2. The van der Waals surface area contributed by atoms with E-state index < -0.39 is 73.3 Å². The number of hydrogen-bond acceptors (Lipinski definition) is 15. The van der Waals surface area contributed by atoms with Crippen molar-refractivity contribution in [2.75, 3.05) is 26.6 Å². The van der Waals surface area contributed by atoms with Crippen molar-refractivity contribution in [3.8, 4) is 0 Å². The van der Waals surface area contributed by atoms with Gasteiger partial charge in [0, 0.05) is 13.5 Å². The van der Waals surface area contributed by atoms with Gasteiger partial charge in [0.15, 0.2) is 29.9 Å². The Morgan fingerprint density at radius 3 is 2.72 bits per heavy atom. The van der Waals surface area contributed by atoms with Gasteiger partial charge in [-0.3, -0.25) is 4.57 Å². The van der Waals surface area contributed by atoms with Gasteiger partial charge in [-0.1, -0.05) is 6.08 Å². The van der Waals surface area contributed by atoms with Gasteiger partial charge in [-0.05, 0) is 6.92 Å². The fourth-order valence-corrected chi connectivity index (χ4v) is 5.24. The molecule has 3 fully saturated rings. The Morgan fingerprint density at radius 1 is 1.28 bits per heavy atom. The van der Waals surface area contributed by atoms with Crippen molar-refractivity contribution < 1.29 is 53.3 Å². The predicted molar refractivity (Wildman–Crippen MR) is 126 cm³/mol. The number of carbonyl (C=O) groups excluding carboxylic acids is 2. The van der Waals surface area contributed by atoms with E-state index in [-0.39, 0.29) is 17.8 Å². The summed E-state index contributed by atoms with van der Waals surface area (Å²) in [6.07, 6.45) is -6.01. The first kappa shape index (κ1) is 27.3. The predicted octanol–water partition coefficient (Wildman–Crippen LogP) is -2.05. The molecule has 0 radical (unpaired) electrons. The van der Waals surface area contributed by atoms with E-state index in [1.54, 1.807) is 4.57 Å². The highest BCUT2D eigenvalue weighted by Gasteiger charge is 2.67. The summed E-state index contributed by atoms with van der Waals surface area (Å²) in [5.41, 5.74) is 6.50. The standard InChI is InChI=1S/C23H29N5O11/c1-4-9(6-29)21(31)38-17-13(30)15(22(32)35-3)37-11-5-10-14(39-23(11,17)33)16(34-2)20(36-10)28-8-27-12-18(24)25-7-26-19(12)28/h4,7-8,10-11,13-17,20,29-30,33H,5-6H2,1-3H3,(H2,24,25,26)/b9-4+/t10-,11-,13-,14-,15+,16+,17+,20-,23+/m1/s1. The molecule has 2 aromatic rings. The molecule has 0 aromatic carbocycles. The number of nitrogens with two attached hydrogens (primary N) is 1. The molecule has 5 rings (SSSR count). The zero-order valence-electron chi connectivity index (χ0n) is 21.2. The SMILES string of the molecule is C/C=C(\CO)C(=O)O[C@H]1[C@H](O)[C@@H](C(=O)OC)O[C@@H]2C[C@H]3O[C@@H](n4cnc5c(N)ncnc54)[C@@H](OC)[C@@H]3O[C@@]21O. The second-order valence-corrected chi connectivity index (χ2v) is 9.28. The summed E-state index contributed by atoms with van der Waals surface area (Å²) in [6, 6.07) is 0. The molecular formula is C23H29N5O11. The maximum atomic E-state index is 12.7. The Morgan fingerprint density at radius 2 is 2.05 bits per heavy atom. The van der Waals surface area contributed by atoms with Crippen LogP contribution in [0.4, 0.5) is 5.82 Å². The molecule has 0 spiro atoms. The third-order valence-corrected chi connectivity index (χ3v) is 7.24. The number of nitrogen functional groups attached to an aromatic ring is 1. The van der Waals surface area contributed by atoms with Crippen LogP contribution < -0.4 is 5.73 Å². The van der Waals surface area contributed by atoms with Crippen molar-refractivity contribution in [2.45, 2.75) is 68.1 Å². The van der Waals surface area contributed by atoms with E-state index in [4.69, 9.17) is 34.2 Å². The zero-order valence-corrected chi connectivity index (χ0v) is 21.2. The number of methoxy groups -OCH3 is 2. The molecule has 5 N–H and O–H groups in total. The summed E-state index contributed by atoms with van der Waals surface area (Å²) in [4.78, 5) is 37.6. The molecule has 39 heavy (non-hydrogen) atoms. The number of imidazole rings is 1. The van der Waals surface area contributed by atoms with E-state index in [0.717, 1.165) is 7.11 Å². The van der Waals surface area contributed by atoms with Gasteiger partial charge in [0.2, 0.25) is 5.79 Å². The van der Waals surface area contributed by atoms with Crippen LogP contribution in [0.1, 0.15) is 19.6 Å². The molecule has 0 saturated carbocycles. The second-order valence-electron chi connectivity index (χ2n) is 9.28. The summed E-state index contributed by atoms with van der Waals surface area (Å²) < 4.78 is 35.5. The molecule has 16 nitrogen and oxygen atoms in total. The lowest BCUT2D eigenvalue weighted by molar-refractivity contribution is -0.397. The molecule has 3 aliphatic heterocycles. The Balaban J connectivity index is 1.50. The number of aliphatic hydroxyl groups is 3. The number of rotatable bonds is 6. The lowest BCUT2D eigenvalue weighted by Crippen LogP contribution is -2.73. The highest BCUT2D eigenvalue weighted by molar-refractivity contribution is 5.89. The van der Waals surface area contributed by atoms with Crippen LogP contribution >= 0.6 is 0 Å². The van der Waals surface area contributed by atoms with Gasteiger partial charge in [-0.2, -0.15) is 0 Å². The maximum absolute atomic E-state index is 12.7. The average Bonchev–Trinajstić information content (AvgIpc) is 3.51. The first-order valence-corrected chi connectivity index (χ1v) is 12.1. The Hall–Kier alpha value is -3.25. The van der Waals surface area contributed by atoms with Crippen LogP contribution in [0.25, 0.3) is 11.2 Å². The van der Waals surface area contributed by atoms with Crippen molar-refractivity contribution in [1.82, 2.24) is 19.5 Å². The van der Waals surface area contributed by atoms with E-state index in [2.05, 4.69) is 15.0 Å². The molecule has 0 unspecified atom stereocenters. The van der Waals surface area contributed by atoms with Gasteiger partial charge in [-0.25, -0.2) is 24.5 Å². The summed E-state index contributed by atoms with van der Waals surface area (Å²) >= 11 is 0. The molecule has 3 saturated heterocycles. The lowest BCUT2D eigenvalue weighted by Gasteiger charge is -2.52. The number of esters is 2. The van der Waals surface area contributed by atoms with E-state index in [1.807, 2.05) is 0 Å². The third-order valence-electron chi connectivity index (χ3n) is 7.24. The van der Waals surface area contributed by atoms with Crippen molar-refractivity contribution in [3.05, 3.63) is 24.3 Å². The topological polar surface area (TPSA) is 220 Å². The summed E-state index contributed by atoms with van der Waals surface area (Å²) in [5.74, 6) is -4.25. The smallest absolute Gasteiger partial charge is 0.337 e. The first-order chi connectivity index (χ1) is 18.7. The number of ether oxygens (including phenoxy) is 6. The van der Waals surface area contributed by atoms with Gasteiger partial charge in [0.1, 0.15) is 36.3 Å². The van der Waals surface area contributed by atoms with Gasteiger partial charge < -0.3 is 49.5 Å². The summed E-state index contributed by atoms with van der Waals surface area (Å²) in [6.45, 7) is 0.845. The minimum Gasteiger partial charge on any atom is -0.467 e. The number of aliphatic hydroxyl groups excluding tert-OH is 2. The van der Waals surface area contributed by atoms with E-state index in [1.165, 1.54) is 32.8 Å². The van der Waals surface area contributed by atoms with Crippen LogP contribution in [0.2, 0.25) is 0 Å². The Kier molecular flexibility index (Phi) is 7.27. The molecule has 3 aliphatic rings. The molecule has 0 amide bonds. The minimum atomic E-state index is -2.44. The molecule has 2 aromatic heterocycles. The Labute approximate surface area is 221 Å². The fourth-order valence-electron chi connectivity index (χ4n) is 5.24. The monoisotopic (exact) mass is 551 g/mol. The number of hydrogen-bond donors (Lipinski definition) is 4. The van der Waals surface area contributed by atoms with Crippen molar-refractivity contribution >= 4 is 28.9 Å². The highest BCUT2D eigenvalue weighted by Crippen LogP contribution is 2.47. The zero-order chi connectivity index (χ0) is 28.1. The van der Waals surface area contributed by atoms with E-state index in [9.17, 15) is 24.9 Å². The first-order valence-electron chi connectivity index (χ1n) is 12.1. The van der Waals surface area contributed by atoms with E-state index in [0.29, 0.717) is 11.2 Å². The van der Waals surface area contributed by atoms with E-state index >= 15 is 0 Å². The fraction of sp³-hybridized carbons (Fsp3) is 0.609. The number of nitrogens with zero attached hydrogens (tertiary/aromatic N) is 4. The molecule has 0 aliphatic carbocycles. The van der Waals surface area contributed by atoms with Gasteiger partial charge in [-0.15, -0.1) is 0 Å².